The monoisotopic (exact) mass is 447 g/mol. The van der Waals surface area contributed by atoms with Gasteiger partial charge in [0.1, 0.15) is 6.61 Å². The minimum Gasteiger partial charge on any atom is -0.475 e. The fraction of sp³-hybridized carbons (Fsp3) is 0.625. The van der Waals surface area contributed by atoms with Crippen molar-refractivity contribution >= 4 is 17.8 Å². The summed E-state index contributed by atoms with van der Waals surface area (Å²) in [6.45, 7) is 13.8. The molecule has 0 aliphatic carbocycles. The van der Waals surface area contributed by atoms with E-state index in [1.165, 1.54) is 0 Å². The van der Waals surface area contributed by atoms with Crippen molar-refractivity contribution in [1.82, 2.24) is 0 Å². The third kappa shape index (κ3) is 5.66. The van der Waals surface area contributed by atoms with Gasteiger partial charge in [-0.05, 0) is 45.2 Å². The highest BCUT2D eigenvalue weighted by molar-refractivity contribution is 5.95. The number of aliphatic imine (C=N–C) groups is 1. The van der Waals surface area contributed by atoms with Gasteiger partial charge in [-0.3, -0.25) is 0 Å². The molecule has 0 unspecified atom stereocenters. The van der Waals surface area contributed by atoms with Gasteiger partial charge in [0.05, 0.1) is 18.2 Å². The van der Waals surface area contributed by atoms with E-state index in [1.54, 1.807) is 39.8 Å². The molecule has 3 atom stereocenters. The van der Waals surface area contributed by atoms with Crippen molar-refractivity contribution < 1.29 is 33.3 Å². The minimum atomic E-state index is -1.21. The van der Waals surface area contributed by atoms with Gasteiger partial charge in [-0.2, -0.15) is 0 Å². The molecule has 2 heterocycles. The molecule has 0 saturated carbocycles. The number of nitrogens with zero attached hydrogens (tertiary/aromatic N) is 1. The summed E-state index contributed by atoms with van der Waals surface area (Å²) in [5, 5.41) is 0. The van der Waals surface area contributed by atoms with E-state index in [1.807, 2.05) is 12.1 Å². The summed E-state index contributed by atoms with van der Waals surface area (Å²) >= 11 is 0. The van der Waals surface area contributed by atoms with Crippen LogP contribution in [0.1, 0.15) is 65.9 Å². The molecule has 1 aromatic rings. The van der Waals surface area contributed by atoms with Crippen molar-refractivity contribution in [2.75, 3.05) is 6.61 Å². The predicted octanol–water partition coefficient (Wildman–Crippen LogP) is 3.56. The van der Waals surface area contributed by atoms with Crippen LogP contribution < -0.4 is 0 Å². The maximum atomic E-state index is 12.5. The number of esters is 2. The lowest BCUT2D eigenvalue weighted by molar-refractivity contribution is -0.167. The van der Waals surface area contributed by atoms with Crippen molar-refractivity contribution in [2.24, 2.45) is 10.4 Å². The van der Waals surface area contributed by atoms with Crippen LogP contribution in [0.3, 0.4) is 0 Å². The Bertz CT molecular complexity index is 824. The number of carbonyl (C=O) groups excluding carboxylic acids is 2. The van der Waals surface area contributed by atoms with Gasteiger partial charge in [0.25, 0.3) is 0 Å². The summed E-state index contributed by atoms with van der Waals surface area (Å²) in [7, 11) is 0. The highest BCUT2D eigenvalue weighted by Gasteiger charge is 2.48. The Kier molecular flexibility index (Phi) is 7.25. The van der Waals surface area contributed by atoms with Gasteiger partial charge >= 0.3 is 11.9 Å². The quantitative estimate of drug-likeness (QED) is 0.616. The van der Waals surface area contributed by atoms with E-state index in [4.69, 9.17) is 28.7 Å². The van der Waals surface area contributed by atoms with E-state index in [0.717, 1.165) is 5.56 Å². The molecule has 2 aliphatic heterocycles. The Labute approximate surface area is 189 Å². The zero-order valence-corrected chi connectivity index (χ0v) is 19.8. The molecule has 8 nitrogen and oxygen atoms in total. The Morgan fingerprint density at radius 2 is 1.44 bits per heavy atom. The van der Waals surface area contributed by atoms with E-state index in [0.29, 0.717) is 18.1 Å². The van der Waals surface area contributed by atoms with Crippen molar-refractivity contribution in [3.8, 4) is 0 Å². The van der Waals surface area contributed by atoms with Crippen molar-refractivity contribution in [1.29, 1.82) is 0 Å². The van der Waals surface area contributed by atoms with E-state index < -0.39 is 30.4 Å². The summed E-state index contributed by atoms with van der Waals surface area (Å²) in [5.41, 5.74) is 1.51. The molecular weight excluding hydrogens is 414 g/mol. The standard InChI is InChI=1S/C24H33NO7/c1-13(2)29-21(26)18-19(22(27)30-14(3)4)32-23(31-18)16-10-8-15(9-11-16)20-25-17(12-28-20)24(5,6)7/h8-11,13-14,17-19,23H,12H2,1-7H3/t17-,18-,19-/m1/s1. The number of carbonyl (C=O) groups is 2. The summed E-state index contributed by atoms with van der Waals surface area (Å²) in [6.07, 6.45) is -4.02. The summed E-state index contributed by atoms with van der Waals surface area (Å²) in [4.78, 5) is 29.7. The van der Waals surface area contributed by atoms with E-state index in [-0.39, 0.29) is 23.7 Å². The van der Waals surface area contributed by atoms with Crippen LogP contribution in [0.15, 0.2) is 29.3 Å². The normalized spacial score (nSPS) is 23.9. The Hall–Kier alpha value is -2.45. The highest BCUT2D eigenvalue weighted by Crippen LogP contribution is 2.34. The van der Waals surface area contributed by atoms with Gasteiger partial charge in [-0.15, -0.1) is 0 Å². The highest BCUT2D eigenvalue weighted by atomic mass is 16.8. The molecule has 3 rings (SSSR count). The van der Waals surface area contributed by atoms with Gasteiger partial charge in [0, 0.05) is 11.1 Å². The Balaban J connectivity index is 1.76. The maximum absolute atomic E-state index is 12.5. The van der Waals surface area contributed by atoms with E-state index in [9.17, 15) is 9.59 Å². The average Bonchev–Trinajstić information content (AvgIpc) is 3.35. The van der Waals surface area contributed by atoms with Crippen LogP contribution in [0.25, 0.3) is 0 Å². The molecule has 1 fully saturated rings. The summed E-state index contributed by atoms with van der Waals surface area (Å²) < 4.78 is 27.9. The van der Waals surface area contributed by atoms with Gasteiger partial charge in [-0.25, -0.2) is 14.6 Å². The molecule has 8 heteroatoms. The topological polar surface area (TPSA) is 92.7 Å². The second-order valence-corrected chi connectivity index (χ2v) is 9.67. The van der Waals surface area contributed by atoms with Crippen LogP contribution in [-0.2, 0) is 33.3 Å². The lowest BCUT2D eigenvalue weighted by Gasteiger charge is -2.21. The first-order valence-electron chi connectivity index (χ1n) is 11.0. The predicted molar refractivity (Wildman–Crippen MR) is 117 cm³/mol. The smallest absolute Gasteiger partial charge is 0.339 e. The zero-order valence-electron chi connectivity index (χ0n) is 19.8. The van der Waals surface area contributed by atoms with Crippen LogP contribution in [-0.4, -0.2) is 54.9 Å². The van der Waals surface area contributed by atoms with Gasteiger partial charge < -0.3 is 23.7 Å². The van der Waals surface area contributed by atoms with Gasteiger partial charge in [0.15, 0.2) is 18.5 Å². The van der Waals surface area contributed by atoms with Gasteiger partial charge in [-0.1, -0.05) is 32.9 Å². The fourth-order valence-electron chi connectivity index (χ4n) is 3.31. The molecule has 0 aromatic heterocycles. The third-order valence-corrected chi connectivity index (χ3v) is 5.06. The van der Waals surface area contributed by atoms with Crippen LogP contribution in [0.4, 0.5) is 0 Å². The molecule has 2 aliphatic rings. The van der Waals surface area contributed by atoms with E-state index in [2.05, 4.69) is 20.8 Å². The lowest BCUT2D eigenvalue weighted by atomic mass is 9.88. The maximum Gasteiger partial charge on any atom is 0.339 e. The number of hydrogen-bond acceptors (Lipinski definition) is 8. The molecule has 0 spiro atoms. The number of hydrogen-bond donors (Lipinski definition) is 0. The fourth-order valence-corrected chi connectivity index (χ4v) is 3.31. The van der Waals surface area contributed by atoms with Crippen LogP contribution in [0.5, 0.6) is 0 Å². The van der Waals surface area contributed by atoms with Crippen molar-refractivity contribution in [2.45, 2.75) is 85.2 Å². The summed E-state index contributed by atoms with van der Waals surface area (Å²) in [6, 6.07) is 7.41. The zero-order chi connectivity index (χ0) is 23.6. The first kappa shape index (κ1) is 24.2. The van der Waals surface area contributed by atoms with Crippen molar-refractivity contribution in [3.05, 3.63) is 35.4 Å². The first-order chi connectivity index (χ1) is 15.0. The lowest BCUT2D eigenvalue weighted by Crippen LogP contribution is -2.40. The van der Waals surface area contributed by atoms with Crippen molar-refractivity contribution in [3.63, 3.8) is 0 Å². The molecule has 0 bridgehead atoms. The molecule has 176 valence electrons. The van der Waals surface area contributed by atoms with Crippen LogP contribution in [0, 0.1) is 5.41 Å². The largest absolute Gasteiger partial charge is 0.475 e. The number of benzene rings is 1. The SMILES string of the molecule is CC(C)OC(=O)[C@@H]1OC(c2ccc(C3=N[C@@H](C(C)(C)C)CO3)cc2)O[C@H]1C(=O)OC(C)C. The molecule has 0 amide bonds. The second kappa shape index (κ2) is 9.58. The molecule has 32 heavy (non-hydrogen) atoms. The number of rotatable bonds is 6. The molecule has 0 radical (unpaired) electrons. The first-order valence-corrected chi connectivity index (χ1v) is 11.0. The van der Waals surface area contributed by atoms with Crippen LogP contribution >= 0.6 is 0 Å². The van der Waals surface area contributed by atoms with Gasteiger partial charge in [0.2, 0.25) is 5.90 Å². The molecule has 0 N–H and O–H groups in total. The Morgan fingerprint density at radius 3 is 1.84 bits per heavy atom. The summed E-state index contributed by atoms with van der Waals surface area (Å²) in [5.74, 6) is -0.722. The van der Waals surface area contributed by atoms with E-state index >= 15 is 0 Å². The Morgan fingerprint density at radius 1 is 0.938 bits per heavy atom. The third-order valence-electron chi connectivity index (χ3n) is 5.06. The minimum absolute atomic E-state index is 0.0203. The second-order valence-electron chi connectivity index (χ2n) is 9.67. The number of ether oxygens (including phenoxy) is 5. The molecular formula is C24H33NO7. The molecule has 1 saturated heterocycles. The van der Waals surface area contributed by atoms with Crippen LogP contribution in [0.2, 0.25) is 0 Å². The molecule has 1 aromatic carbocycles. The average molecular weight is 448 g/mol.